The van der Waals surface area contributed by atoms with Crippen molar-refractivity contribution in [3.05, 3.63) is 59.2 Å². The number of nitrogens with zero attached hydrogens (tertiary/aromatic N) is 1. The van der Waals surface area contributed by atoms with E-state index in [2.05, 4.69) is 10.2 Å². The first kappa shape index (κ1) is 33.1. The molecule has 0 unspecified atom stereocenters. The Kier molecular flexibility index (Phi) is 11.8. The third-order valence-corrected chi connectivity index (χ3v) is 9.65. The Labute approximate surface area is 255 Å². The quantitative estimate of drug-likeness (QED) is 0.320. The Morgan fingerprint density at radius 2 is 1.81 bits per heavy atom. The minimum Gasteiger partial charge on any atom is -0.480 e. The van der Waals surface area contributed by atoms with E-state index in [4.69, 9.17) is 9.47 Å². The summed E-state index contributed by atoms with van der Waals surface area (Å²) in [5.41, 5.74) is 3.92. The van der Waals surface area contributed by atoms with Crippen molar-refractivity contribution in [3.8, 4) is 11.1 Å². The van der Waals surface area contributed by atoms with Crippen LogP contribution in [0.3, 0.4) is 0 Å². The van der Waals surface area contributed by atoms with Gasteiger partial charge in [0.15, 0.2) is 0 Å². The molecule has 2 N–H and O–H groups in total. The van der Waals surface area contributed by atoms with Crippen molar-refractivity contribution in [2.45, 2.75) is 76.6 Å². The number of aryl methyl sites for hydroxylation is 1. The first-order valence-electron chi connectivity index (χ1n) is 15.3. The van der Waals surface area contributed by atoms with Gasteiger partial charge >= 0.3 is 5.97 Å². The minimum atomic E-state index is -3.39. The van der Waals surface area contributed by atoms with Gasteiger partial charge in [-0.2, -0.15) is 0 Å². The van der Waals surface area contributed by atoms with Gasteiger partial charge in [-0.3, -0.25) is 9.69 Å². The summed E-state index contributed by atoms with van der Waals surface area (Å²) >= 11 is 0. The zero-order valence-corrected chi connectivity index (χ0v) is 26.4. The number of carbonyl (C=O) groups is 2. The molecule has 4 rings (SSSR count). The number of carboxylic acids is 1. The van der Waals surface area contributed by atoms with Crippen LogP contribution in [-0.4, -0.2) is 87.4 Å². The minimum absolute atomic E-state index is 0.155. The molecule has 0 radical (unpaired) electrons. The first-order valence-corrected chi connectivity index (χ1v) is 17.3. The molecule has 3 atom stereocenters. The Hall–Kier alpha value is -2.79. The smallest absolute Gasteiger partial charge is 0.326 e. The number of amides is 1. The van der Waals surface area contributed by atoms with Crippen LogP contribution in [0.4, 0.5) is 0 Å². The van der Waals surface area contributed by atoms with Crippen LogP contribution in [0.25, 0.3) is 11.1 Å². The van der Waals surface area contributed by atoms with Gasteiger partial charge in [0.1, 0.15) is 15.9 Å². The van der Waals surface area contributed by atoms with Gasteiger partial charge in [-0.15, -0.1) is 0 Å². The summed E-state index contributed by atoms with van der Waals surface area (Å²) in [6.07, 6.45) is 8.34. The second-order valence-corrected chi connectivity index (χ2v) is 14.5. The molecule has 9 nitrogen and oxygen atoms in total. The van der Waals surface area contributed by atoms with Crippen molar-refractivity contribution in [2.75, 3.05) is 38.9 Å². The summed E-state index contributed by atoms with van der Waals surface area (Å²) in [6, 6.07) is 12.3. The van der Waals surface area contributed by atoms with Crippen LogP contribution < -0.4 is 5.32 Å². The SMILES string of the molecule is COC[C@H]1C[C@@H](OCC2CCCCC2)CN1Cc1ccc(C(=O)N[C@@H](CCS(C)(=O)=O)C(=O)O)c(-c2ccccc2C)c1. The molecule has 1 saturated heterocycles. The monoisotopic (exact) mass is 614 g/mol. The molecule has 0 spiro atoms. The van der Waals surface area contributed by atoms with E-state index < -0.39 is 27.8 Å². The summed E-state index contributed by atoms with van der Waals surface area (Å²) in [5.74, 6) is -1.51. The number of nitrogens with one attached hydrogen (secondary N) is 1. The average Bonchev–Trinajstić information content (AvgIpc) is 3.35. The normalized spacial score (nSPS) is 20.6. The van der Waals surface area contributed by atoms with Crippen LogP contribution in [0.15, 0.2) is 42.5 Å². The zero-order chi connectivity index (χ0) is 31.0. The Balaban J connectivity index is 1.54. The molecule has 236 valence electrons. The second-order valence-electron chi connectivity index (χ2n) is 12.2. The molecule has 2 fully saturated rings. The van der Waals surface area contributed by atoms with Crippen molar-refractivity contribution >= 4 is 21.7 Å². The highest BCUT2D eigenvalue weighted by atomic mass is 32.2. The number of aliphatic carboxylic acids is 1. The lowest BCUT2D eigenvalue weighted by Gasteiger charge is -2.25. The number of methoxy groups -OCH3 is 1. The molecule has 1 aliphatic carbocycles. The van der Waals surface area contributed by atoms with Crippen LogP contribution in [0.1, 0.15) is 66.4 Å². The third-order valence-electron chi connectivity index (χ3n) is 8.67. The number of benzene rings is 2. The van der Waals surface area contributed by atoms with Gasteiger partial charge in [-0.05, 0) is 72.9 Å². The molecule has 0 aromatic heterocycles. The maximum atomic E-state index is 13.5. The highest BCUT2D eigenvalue weighted by Gasteiger charge is 2.33. The Morgan fingerprint density at radius 1 is 1.07 bits per heavy atom. The highest BCUT2D eigenvalue weighted by Crippen LogP contribution is 2.31. The molecule has 2 aromatic rings. The summed E-state index contributed by atoms with van der Waals surface area (Å²) in [6.45, 7) is 4.87. The molecule has 1 aliphatic heterocycles. The summed E-state index contributed by atoms with van der Waals surface area (Å²) in [7, 11) is -1.67. The standard InChI is InChI=1S/C33H46N2O7S/c1-23-9-7-8-12-28(23)30-17-25(13-14-29(30)32(36)34-31(33(37)38)15-16-43(3,39)40)19-35-20-27(18-26(35)22-41-2)42-21-24-10-5-4-6-11-24/h7-9,12-14,17,24,26-27,31H,4-6,10-11,15-16,18-22H2,1-3H3,(H,34,36)(H,37,38)/t26-,27-,31+/m1/s1. The second kappa shape index (κ2) is 15.3. The zero-order valence-electron chi connectivity index (χ0n) is 25.6. The Bertz CT molecular complexity index is 1360. The van der Waals surface area contributed by atoms with Gasteiger partial charge in [0.2, 0.25) is 0 Å². The van der Waals surface area contributed by atoms with E-state index in [1.807, 2.05) is 43.3 Å². The van der Waals surface area contributed by atoms with E-state index >= 15 is 0 Å². The largest absolute Gasteiger partial charge is 0.480 e. The summed E-state index contributed by atoms with van der Waals surface area (Å²) < 4.78 is 35.2. The maximum Gasteiger partial charge on any atom is 0.326 e. The summed E-state index contributed by atoms with van der Waals surface area (Å²) in [5, 5.41) is 12.2. The van der Waals surface area contributed by atoms with Crippen molar-refractivity contribution in [1.82, 2.24) is 10.2 Å². The predicted molar refractivity (Wildman–Crippen MR) is 167 cm³/mol. The molecule has 43 heavy (non-hydrogen) atoms. The van der Waals surface area contributed by atoms with Crippen LogP contribution >= 0.6 is 0 Å². The van der Waals surface area contributed by atoms with E-state index in [0.717, 1.165) is 42.5 Å². The van der Waals surface area contributed by atoms with E-state index in [-0.39, 0.29) is 24.3 Å². The lowest BCUT2D eigenvalue weighted by molar-refractivity contribution is -0.139. The van der Waals surface area contributed by atoms with Gasteiger partial charge in [0.25, 0.3) is 5.91 Å². The third kappa shape index (κ3) is 9.60. The number of likely N-dealkylation sites (tertiary alicyclic amines) is 1. The molecule has 1 heterocycles. The van der Waals surface area contributed by atoms with Gasteiger partial charge < -0.3 is 19.9 Å². The maximum absolute atomic E-state index is 13.5. The van der Waals surface area contributed by atoms with E-state index in [9.17, 15) is 23.1 Å². The lowest BCUT2D eigenvalue weighted by atomic mass is 9.90. The fraction of sp³-hybridized carbons (Fsp3) is 0.576. The van der Waals surface area contributed by atoms with E-state index in [1.165, 1.54) is 32.1 Å². The lowest BCUT2D eigenvalue weighted by Crippen LogP contribution is -2.42. The number of hydrogen-bond donors (Lipinski definition) is 2. The van der Waals surface area contributed by atoms with Crippen molar-refractivity contribution in [2.24, 2.45) is 5.92 Å². The highest BCUT2D eigenvalue weighted by molar-refractivity contribution is 7.90. The number of carboxylic acid groups (broad SMARTS) is 1. The van der Waals surface area contributed by atoms with Crippen molar-refractivity contribution in [3.63, 3.8) is 0 Å². The molecule has 1 saturated carbocycles. The van der Waals surface area contributed by atoms with Gasteiger partial charge in [-0.25, -0.2) is 13.2 Å². The average molecular weight is 615 g/mol. The van der Waals surface area contributed by atoms with Crippen LogP contribution in [0, 0.1) is 12.8 Å². The fourth-order valence-electron chi connectivity index (χ4n) is 6.29. The van der Waals surface area contributed by atoms with Crippen molar-refractivity contribution < 1.29 is 32.6 Å². The van der Waals surface area contributed by atoms with E-state index in [1.54, 1.807) is 13.2 Å². The van der Waals surface area contributed by atoms with Crippen LogP contribution in [0.5, 0.6) is 0 Å². The van der Waals surface area contributed by atoms with Gasteiger partial charge in [0.05, 0.1) is 18.5 Å². The summed E-state index contributed by atoms with van der Waals surface area (Å²) in [4.78, 5) is 27.7. The molecule has 0 bridgehead atoms. The van der Waals surface area contributed by atoms with Crippen LogP contribution in [-0.2, 0) is 30.7 Å². The number of sulfone groups is 1. The number of rotatable bonds is 14. The number of ether oxygens (including phenoxy) is 2. The molecular formula is C33H46N2O7S. The first-order chi connectivity index (χ1) is 20.5. The molecule has 10 heteroatoms. The topological polar surface area (TPSA) is 122 Å². The van der Waals surface area contributed by atoms with Crippen molar-refractivity contribution in [1.29, 1.82) is 0 Å². The number of hydrogen-bond acceptors (Lipinski definition) is 7. The molecule has 2 aliphatic rings. The fourth-order valence-corrected chi connectivity index (χ4v) is 6.95. The van der Waals surface area contributed by atoms with E-state index in [0.29, 0.717) is 30.2 Å². The Morgan fingerprint density at radius 3 is 2.49 bits per heavy atom. The van der Waals surface area contributed by atoms with Crippen LogP contribution in [0.2, 0.25) is 0 Å². The molecular weight excluding hydrogens is 568 g/mol. The van der Waals surface area contributed by atoms with Gasteiger partial charge in [-0.1, -0.05) is 49.6 Å². The predicted octanol–water partition coefficient (Wildman–Crippen LogP) is 4.47. The van der Waals surface area contributed by atoms with Gasteiger partial charge in [0, 0.05) is 44.7 Å². The molecule has 1 amide bonds. The number of carbonyl (C=O) groups excluding carboxylic acids is 1. The molecule has 2 aromatic carbocycles.